The van der Waals surface area contributed by atoms with Crippen LogP contribution in [0.3, 0.4) is 0 Å². The molecule has 3 rings (SSSR count). The van der Waals surface area contributed by atoms with E-state index in [1.165, 1.54) is 11.1 Å². The highest BCUT2D eigenvalue weighted by Gasteiger charge is 2.44. The number of hydrogen-bond donors (Lipinski definition) is 1. The zero-order valence-corrected chi connectivity index (χ0v) is 16.7. The van der Waals surface area contributed by atoms with Gasteiger partial charge in [-0.3, -0.25) is 9.59 Å². The number of carbonyl (C=O) groups excluding carboxylic acids is 2. The molecule has 1 aliphatic carbocycles. The molecule has 0 unspecified atom stereocenters. The summed E-state index contributed by atoms with van der Waals surface area (Å²) in [6, 6.07) is 4.34. The van der Waals surface area contributed by atoms with E-state index in [-0.39, 0.29) is 17.8 Å². The predicted molar refractivity (Wildman–Crippen MR) is 103 cm³/mol. The number of nitrogens with one attached hydrogen (secondary N) is 1. The Bertz CT molecular complexity index is 798. The molecule has 1 saturated carbocycles. The molecular weight excluding hydrogens is 326 g/mol. The van der Waals surface area contributed by atoms with Crippen LogP contribution in [0.1, 0.15) is 75.6 Å². The van der Waals surface area contributed by atoms with Crippen molar-refractivity contribution in [2.45, 2.75) is 72.3 Å². The number of carbonyl (C=O) groups is 2. The fourth-order valence-electron chi connectivity index (χ4n) is 3.63. The van der Waals surface area contributed by atoms with Crippen LogP contribution in [0, 0.1) is 12.8 Å². The van der Waals surface area contributed by atoms with Gasteiger partial charge >= 0.3 is 5.97 Å². The quantitative estimate of drug-likeness (QED) is 0.803. The largest absolute Gasteiger partial charge is 0.427 e. The normalized spacial score (nSPS) is 19.1. The molecule has 4 heteroatoms. The summed E-state index contributed by atoms with van der Waals surface area (Å²) < 4.78 is 5.77. The SMILES string of the molecule is CCc1cc(C)cc(C2CC2)c1C1=C(OC(=O)C(C)C)C(C)(C)NC1=O. The number of amides is 1. The Labute approximate surface area is 156 Å². The van der Waals surface area contributed by atoms with Gasteiger partial charge in [0.15, 0.2) is 0 Å². The lowest BCUT2D eigenvalue weighted by Crippen LogP contribution is -2.39. The van der Waals surface area contributed by atoms with Crippen molar-refractivity contribution >= 4 is 17.4 Å². The van der Waals surface area contributed by atoms with Gasteiger partial charge in [0.25, 0.3) is 5.91 Å². The third-order valence-electron chi connectivity index (χ3n) is 5.16. The molecule has 0 aromatic heterocycles. The molecular formula is C22H29NO3. The fraction of sp³-hybridized carbons (Fsp3) is 0.545. The smallest absolute Gasteiger partial charge is 0.313 e. The highest BCUT2D eigenvalue weighted by atomic mass is 16.5. The Kier molecular flexibility index (Phi) is 4.72. The Balaban J connectivity index is 2.24. The monoisotopic (exact) mass is 355 g/mol. The van der Waals surface area contributed by atoms with E-state index >= 15 is 0 Å². The van der Waals surface area contributed by atoms with E-state index in [0.717, 1.165) is 30.4 Å². The third kappa shape index (κ3) is 3.29. The minimum atomic E-state index is -0.701. The first kappa shape index (κ1) is 18.7. The Hall–Kier alpha value is -2.10. The van der Waals surface area contributed by atoms with Crippen LogP contribution in [0.15, 0.2) is 17.9 Å². The number of aryl methyl sites for hydroxylation is 2. The van der Waals surface area contributed by atoms with Crippen molar-refractivity contribution in [3.63, 3.8) is 0 Å². The summed E-state index contributed by atoms with van der Waals surface area (Å²) in [5.74, 6) is 0.256. The second-order valence-electron chi connectivity index (χ2n) is 8.38. The third-order valence-corrected chi connectivity index (χ3v) is 5.16. The molecule has 0 spiro atoms. The predicted octanol–water partition coefficient (Wildman–Crippen LogP) is 4.25. The van der Waals surface area contributed by atoms with Crippen LogP contribution in [0.4, 0.5) is 0 Å². The zero-order chi connectivity index (χ0) is 19.2. The van der Waals surface area contributed by atoms with Crippen LogP contribution < -0.4 is 5.32 Å². The Morgan fingerprint density at radius 3 is 2.50 bits per heavy atom. The summed E-state index contributed by atoms with van der Waals surface area (Å²) >= 11 is 0. The minimum Gasteiger partial charge on any atom is -0.427 e. The van der Waals surface area contributed by atoms with Crippen molar-refractivity contribution in [3.8, 4) is 0 Å². The van der Waals surface area contributed by atoms with Crippen LogP contribution >= 0.6 is 0 Å². The number of ether oxygens (including phenoxy) is 1. The van der Waals surface area contributed by atoms with E-state index in [1.54, 1.807) is 13.8 Å². The van der Waals surface area contributed by atoms with Gasteiger partial charge in [0, 0.05) is 0 Å². The van der Waals surface area contributed by atoms with Gasteiger partial charge in [-0.1, -0.05) is 38.5 Å². The van der Waals surface area contributed by atoms with Gasteiger partial charge in [-0.2, -0.15) is 0 Å². The molecule has 1 amide bonds. The number of esters is 1. The van der Waals surface area contributed by atoms with Crippen LogP contribution in [-0.4, -0.2) is 17.4 Å². The molecule has 0 bridgehead atoms. The summed E-state index contributed by atoms with van der Waals surface area (Å²) in [6.07, 6.45) is 3.14. The van der Waals surface area contributed by atoms with Crippen molar-refractivity contribution in [2.75, 3.05) is 0 Å². The molecule has 0 radical (unpaired) electrons. The lowest BCUT2D eigenvalue weighted by Gasteiger charge is -2.23. The van der Waals surface area contributed by atoms with E-state index in [4.69, 9.17) is 4.74 Å². The highest BCUT2D eigenvalue weighted by molar-refractivity contribution is 6.24. The maximum atomic E-state index is 12.9. The van der Waals surface area contributed by atoms with Crippen molar-refractivity contribution in [1.82, 2.24) is 5.32 Å². The van der Waals surface area contributed by atoms with Gasteiger partial charge < -0.3 is 10.1 Å². The molecule has 1 fully saturated rings. The fourth-order valence-corrected chi connectivity index (χ4v) is 3.63. The minimum absolute atomic E-state index is 0.151. The van der Waals surface area contributed by atoms with Crippen LogP contribution in [-0.2, 0) is 20.7 Å². The van der Waals surface area contributed by atoms with Crippen molar-refractivity contribution in [1.29, 1.82) is 0 Å². The molecule has 1 aromatic carbocycles. The molecule has 4 nitrogen and oxygen atoms in total. The molecule has 0 saturated heterocycles. The molecule has 26 heavy (non-hydrogen) atoms. The maximum Gasteiger partial charge on any atom is 0.313 e. The van der Waals surface area contributed by atoms with Gasteiger partial charge in [-0.25, -0.2) is 0 Å². The van der Waals surface area contributed by atoms with Crippen molar-refractivity contribution in [2.24, 2.45) is 5.92 Å². The molecule has 140 valence electrons. The molecule has 1 heterocycles. The molecule has 1 aliphatic heterocycles. The van der Waals surface area contributed by atoms with Crippen LogP contribution in [0.2, 0.25) is 0 Å². The average Bonchev–Trinajstić information content (AvgIpc) is 3.35. The van der Waals surface area contributed by atoms with Crippen molar-refractivity contribution in [3.05, 3.63) is 40.1 Å². The first-order chi connectivity index (χ1) is 12.2. The topological polar surface area (TPSA) is 55.4 Å². The number of rotatable bonds is 5. The van der Waals surface area contributed by atoms with E-state index in [0.29, 0.717) is 17.3 Å². The van der Waals surface area contributed by atoms with Crippen LogP contribution in [0.5, 0.6) is 0 Å². The van der Waals surface area contributed by atoms with E-state index < -0.39 is 5.54 Å². The van der Waals surface area contributed by atoms with Crippen molar-refractivity contribution < 1.29 is 14.3 Å². The second kappa shape index (κ2) is 6.57. The average molecular weight is 355 g/mol. The molecule has 1 N–H and O–H groups in total. The Morgan fingerprint density at radius 2 is 1.96 bits per heavy atom. The van der Waals surface area contributed by atoms with Gasteiger partial charge in [0.05, 0.1) is 17.0 Å². The summed E-state index contributed by atoms with van der Waals surface area (Å²) in [6.45, 7) is 11.6. The molecule has 2 aliphatic rings. The summed E-state index contributed by atoms with van der Waals surface area (Å²) in [5, 5.41) is 3.00. The van der Waals surface area contributed by atoms with Gasteiger partial charge in [0.2, 0.25) is 0 Å². The van der Waals surface area contributed by atoms with E-state index in [9.17, 15) is 9.59 Å². The molecule has 0 atom stereocenters. The highest BCUT2D eigenvalue weighted by Crippen LogP contribution is 2.47. The number of benzene rings is 1. The Morgan fingerprint density at radius 1 is 1.31 bits per heavy atom. The van der Waals surface area contributed by atoms with Gasteiger partial charge in [-0.15, -0.1) is 0 Å². The first-order valence-corrected chi connectivity index (χ1v) is 9.58. The number of hydrogen-bond acceptors (Lipinski definition) is 3. The van der Waals surface area contributed by atoms with Gasteiger partial charge in [-0.05, 0) is 62.6 Å². The second-order valence-corrected chi connectivity index (χ2v) is 8.38. The summed E-state index contributed by atoms with van der Waals surface area (Å²) in [5.41, 5.74) is 4.41. The summed E-state index contributed by atoms with van der Waals surface area (Å²) in [7, 11) is 0. The standard InChI is InChI=1S/C22H29NO3/c1-7-14-10-13(4)11-16(15-8-9-15)17(14)18-19(26-21(25)12(2)3)22(5,6)23-20(18)24/h10-12,15H,7-9H2,1-6H3,(H,23,24). The summed E-state index contributed by atoms with van der Waals surface area (Å²) in [4.78, 5) is 25.3. The lowest BCUT2D eigenvalue weighted by molar-refractivity contribution is -0.144. The molecule has 1 aromatic rings. The van der Waals surface area contributed by atoms with Gasteiger partial charge in [0.1, 0.15) is 5.76 Å². The lowest BCUT2D eigenvalue weighted by atomic mass is 9.87. The zero-order valence-electron chi connectivity index (χ0n) is 16.7. The van der Waals surface area contributed by atoms with Crippen LogP contribution in [0.25, 0.3) is 5.57 Å². The maximum absolute atomic E-state index is 12.9. The van der Waals surface area contributed by atoms with E-state index in [1.807, 2.05) is 13.8 Å². The first-order valence-electron chi connectivity index (χ1n) is 9.58. The van der Waals surface area contributed by atoms with E-state index in [2.05, 4.69) is 31.3 Å².